The topological polar surface area (TPSA) is 0 Å². The van der Waals surface area contributed by atoms with Crippen LogP contribution in [0.4, 0.5) is 0 Å². The Morgan fingerprint density at radius 2 is 1.00 bits per heavy atom. The Bertz CT molecular complexity index is 8.00. The van der Waals surface area contributed by atoms with E-state index in [0.717, 1.165) is 0 Å². The molecule has 0 nitrogen and oxygen atoms in total. The molecule has 0 heterocycles. The molecule has 0 aliphatic heterocycles. The molecule has 22 valence electrons. The third-order valence-corrected chi connectivity index (χ3v) is 0. The van der Waals surface area contributed by atoms with Crippen molar-refractivity contribution in [2.45, 2.75) is 0 Å². The van der Waals surface area contributed by atoms with Crippen LogP contribution in [0.5, 0.6) is 0 Å². The number of rotatable bonds is 0. The molecule has 0 aromatic heterocycles. The molecule has 0 unspecified atom stereocenters. The van der Waals surface area contributed by atoms with E-state index in [1.165, 1.54) is 0 Å². The fourth-order valence-corrected chi connectivity index (χ4v) is 0. The van der Waals surface area contributed by atoms with Gasteiger partial charge in [0, 0.05) is 74.3 Å². The average molecular weight is 166 g/mol. The zero-order chi connectivity index (χ0) is 0. The molecule has 0 aromatic rings. The van der Waals surface area contributed by atoms with E-state index in [1.807, 2.05) is 0 Å². The van der Waals surface area contributed by atoms with Crippen LogP contribution in [-0.2, 0) is 33.8 Å². The Kier molecular flexibility index (Phi) is 153. The van der Waals surface area contributed by atoms with Gasteiger partial charge in [-0.25, -0.2) is 0 Å². The first-order chi connectivity index (χ1) is 0. The summed E-state index contributed by atoms with van der Waals surface area (Å²) in [5, 5.41) is 0. The zero-order valence-electron chi connectivity index (χ0n) is 1.97. The number of hydrogen-bond donors (Lipinski definition) is 0. The fourth-order valence-electron chi connectivity index (χ4n) is 0. The molecule has 0 aliphatic carbocycles. The van der Waals surface area contributed by atoms with E-state index >= 15 is 0 Å². The monoisotopic (exact) mass is 166 g/mol. The van der Waals surface area contributed by atoms with E-state index in [4.69, 9.17) is 0 Å². The van der Waals surface area contributed by atoms with Crippen LogP contribution < -0.4 is 0 Å². The number of hydrogen-bond acceptors (Lipinski definition) is 0. The SMILES string of the molecule is [Al].[Co].[Fe].[Mg]. The van der Waals surface area contributed by atoms with Crippen molar-refractivity contribution in [2.75, 3.05) is 0 Å². The molecule has 0 saturated heterocycles. The normalized spacial score (nSPS) is 0. The molecule has 0 spiro atoms. The van der Waals surface area contributed by atoms with Crippen LogP contribution in [0, 0.1) is 0 Å². The molecule has 0 bridgehead atoms. The van der Waals surface area contributed by atoms with Gasteiger partial charge >= 0.3 is 0 Å². The van der Waals surface area contributed by atoms with Crippen molar-refractivity contribution < 1.29 is 33.8 Å². The molecule has 4 heavy (non-hydrogen) atoms. The summed E-state index contributed by atoms with van der Waals surface area (Å²) < 4.78 is 0. The molecular formula is AlCoFeMg. The first-order valence-electron chi connectivity index (χ1n) is 0. The van der Waals surface area contributed by atoms with Gasteiger partial charge in [-0.2, -0.15) is 0 Å². The van der Waals surface area contributed by atoms with E-state index < -0.39 is 0 Å². The van der Waals surface area contributed by atoms with Gasteiger partial charge < -0.3 is 0 Å². The van der Waals surface area contributed by atoms with E-state index in [1.54, 1.807) is 0 Å². The van der Waals surface area contributed by atoms with Crippen molar-refractivity contribution in [3.8, 4) is 0 Å². The van der Waals surface area contributed by atoms with Crippen LogP contribution in [0.3, 0.4) is 0 Å². The van der Waals surface area contributed by atoms with E-state index in [2.05, 4.69) is 0 Å². The van der Waals surface area contributed by atoms with Crippen LogP contribution in [0.2, 0.25) is 0 Å². The van der Waals surface area contributed by atoms with Gasteiger partial charge in [0.1, 0.15) is 0 Å². The van der Waals surface area contributed by atoms with Crippen molar-refractivity contribution in [3.05, 3.63) is 0 Å². The summed E-state index contributed by atoms with van der Waals surface area (Å²) in [5.41, 5.74) is 0. The second-order valence-electron chi connectivity index (χ2n) is 0. The quantitative estimate of drug-likeness (QED) is 0.415. The van der Waals surface area contributed by atoms with Crippen molar-refractivity contribution >= 4 is 40.4 Å². The molecule has 0 amide bonds. The Labute approximate surface area is 73.4 Å². The van der Waals surface area contributed by atoms with Gasteiger partial charge in [-0.3, -0.25) is 0 Å². The molecule has 0 saturated carbocycles. The third kappa shape index (κ3) is 8.85. The van der Waals surface area contributed by atoms with E-state index in [-0.39, 0.29) is 74.3 Å². The van der Waals surface area contributed by atoms with Crippen LogP contribution in [0.1, 0.15) is 0 Å². The zero-order valence-corrected chi connectivity index (χ0v) is 6.69. The molecule has 0 rings (SSSR count). The third-order valence-electron chi connectivity index (χ3n) is 0. The van der Waals surface area contributed by atoms with Gasteiger partial charge in [0.2, 0.25) is 0 Å². The maximum Gasteiger partial charge on any atom is 0 e. The summed E-state index contributed by atoms with van der Waals surface area (Å²) in [4.78, 5) is 0. The predicted molar refractivity (Wildman–Crippen MR) is 11.5 cm³/mol. The summed E-state index contributed by atoms with van der Waals surface area (Å²) in [6.07, 6.45) is 0. The summed E-state index contributed by atoms with van der Waals surface area (Å²) >= 11 is 0. The first kappa shape index (κ1) is 33.2. The van der Waals surface area contributed by atoms with E-state index in [0.29, 0.717) is 0 Å². The first-order valence-corrected chi connectivity index (χ1v) is 0. The van der Waals surface area contributed by atoms with Crippen LogP contribution in [0.25, 0.3) is 0 Å². The van der Waals surface area contributed by atoms with Gasteiger partial charge in [-0.15, -0.1) is 0 Å². The molecule has 0 N–H and O–H groups in total. The largest absolute Gasteiger partial charge is 0 e. The van der Waals surface area contributed by atoms with Gasteiger partial charge in [0.15, 0.2) is 0 Å². The Hall–Kier alpha value is 2.32. The molecular weight excluding hydrogens is 166 g/mol. The maximum atomic E-state index is 0. The second-order valence-corrected chi connectivity index (χ2v) is 0. The van der Waals surface area contributed by atoms with Crippen molar-refractivity contribution in [2.24, 2.45) is 0 Å². The fraction of sp³-hybridized carbons (Fsp3) is 0. The molecule has 0 aliphatic rings. The minimum atomic E-state index is 0. The summed E-state index contributed by atoms with van der Waals surface area (Å²) in [6, 6.07) is 0. The standard InChI is InChI=1S/Al.Co.Fe.Mg. The second kappa shape index (κ2) is 18.4. The molecule has 0 atom stereocenters. The smallest absolute Gasteiger partial charge is 0 e. The minimum Gasteiger partial charge on any atom is 0 e. The summed E-state index contributed by atoms with van der Waals surface area (Å²) in [6.45, 7) is 0. The Morgan fingerprint density at radius 3 is 1.00 bits per heavy atom. The average Bonchev–Trinajstić information content (AvgIpc) is 0. The van der Waals surface area contributed by atoms with Crippen LogP contribution in [0.15, 0.2) is 0 Å². The molecule has 0 fully saturated rings. The molecule has 4 heteroatoms. The van der Waals surface area contributed by atoms with Crippen molar-refractivity contribution in [1.29, 1.82) is 0 Å². The molecule has 0 aromatic carbocycles. The summed E-state index contributed by atoms with van der Waals surface area (Å²) in [7, 11) is 0. The Balaban J connectivity index is 0. The van der Waals surface area contributed by atoms with Gasteiger partial charge in [-0.05, 0) is 0 Å². The summed E-state index contributed by atoms with van der Waals surface area (Å²) in [5.74, 6) is 0. The van der Waals surface area contributed by atoms with Crippen LogP contribution in [-0.4, -0.2) is 40.4 Å². The van der Waals surface area contributed by atoms with Crippen molar-refractivity contribution in [1.82, 2.24) is 0 Å². The van der Waals surface area contributed by atoms with Crippen LogP contribution >= 0.6 is 0 Å². The Morgan fingerprint density at radius 1 is 1.00 bits per heavy atom. The van der Waals surface area contributed by atoms with Gasteiger partial charge in [0.25, 0.3) is 0 Å². The van der Waals surface area contributed by atoms with Gasteiger partial charge in [-0.1, -0.05) is 0 Å². The minimum absolute atomic E-state index is 0. The van der Waals surface area contributed by atoms with Gasteiger partial charge in [0.05, 0.1) is 0 Å². The van der Waals surface area contributed by atoms with E-state index in [9.17, 15) is 0 Å². The van der Waals surface area contributed by atoms with Crippen molar-refractivity contribution in [3.63, 3.8) is 0 Å². The molecule has 6 radical (unpaired) electrons. The maximum absolute atomic E-state index is 0. The predicted octanol–water partition coefficient (Wildman–Crippen LogP) is -0.767.